The molecule has 7 nitrogen and oxygen atoms in total. The van der Waals surface area contributed by atoms with Crippen LogP contribution in [0.3, 0.4) is 0 Å². The second-order valence-corrected chi connectivity index (χ2v) is 8.47. The topological polar surface area (TPSA) is 63.2 Å². The summed E-state index contributed by atoms with van der Waals surface area (Å²) < 4.78 is 0. The average Bonchev–Trinajstić information content (AvgIpc) is 2.81. The summed E-state index contributed by atoms with van der Waals surface area (Å²) in [7, 11) is 0. The molecule has 0 unspecified atom stereocenters. The van der Waals surface area contributed by atoms with E-state index in [1.54, 1.807) is 0 Å². The van der Waals surface area contributed by atoms with Gasteiger partial charge < -0.3 is 25.3 Å². The first kappa shape index (κ1) is 23.4. The Labute approximate surface area is 187 Å². The zero-order chi connectivity index (χ0) is 21.9. The Bertz CT molecular complexity index is 679. The Kier molecular flexibility index (Phi) is 9.46. The molecule has 0 spiro atoms. The quantitative estimate of drug-likeness (QED) is 0.491. The number of amides is 1. The van der Waals surface area contributed by atoms with Crippen molar-refractivity contribution in [1.82, 2.24) is 20.4 Å². The first-order valence-corrected chi connectivity index (χ1v) is 12.0. The summed E-state index contributed by atoms with van der Waals surface area (Å²) in [4.78, 5) is 24.2. The molecule has 3 rings (SSSR count). The van der Waals surface area contributed by atoms with Crippen molar-refractivity contribution in [1.29, 1.82) is 0 Å². The van der Waals surface area contributed by atoms with E-state index >= 15 is 0 Å². The largest absolute Gasteiger partial charge is 0.368 e. The van der Waals surface area contributed by atoms with E-state index in [1.807, 2.05) is 11.0 Å². The van der Waals surface area contributed by atoms with Crippen LogP contribution in [0.5, 0.6) is 0 Å². The Morgan fingerprint density at radius 2 is 1.74 bits per heavy atom. The minimum absolute atomic E-state index is 0.209. The van der Waals surface area contributed by atoms with E-state index in [9.17, 15) is 4.79 Å². The summed E-state index contributed by atoms with van der Waals surface area (Å²) in [5.74, 6) is 1.05. The number of likely N-dealkylation sites (tertiary alicyclic amines) is 1. The van der Waals surface area contributed by atoms with Crippen LogP contribution in [-0.2, 0) is 4.79 Å². The average molecular weight is 429 g/mol. The van der Waals surface area contributed by atoms with Crippen molar-refractivity contribution in [3.05, 3.63) is 30.3 Å². The van der Waals surface area contributed by atoms with Gasteiger partial charge in [0.2, 0.25) is 5.91 Å². The Hall–Kier alpha value is -2.28. The van der Waals surface area contributed by atoms with Gasteiger partial charge in [-0.1, -0.05) is 25.1 Å². The van der Waals surface area contributed by atoms with Gasteiger partial charge in [0.25, 0.3) is 0 Å². The maximum Gasteiger partial charge on any atom is 0.224 e. The number of carbonyl (C=O) groups excluding carboxylic acids is 1. The van der Waals surface area contributed by atoms with Crippen LogP contribution in [-0.4, -0.2) is 86.6 Å². The van der Waals surface area contributed by atoms with Gasteiger partial charge in [0.1, 0.15) is 0 Å². The number of guanidine groups is 1. The number of piperazine rings is 1. The van der Waals surface area contributed by atoms with E-state index in [0.717, 1.165) is 64.6 Å². The van der Waals surface area contributed by atoms with Gasteiger partial charge in [-0.2, -0.15) is 0 Å². The van der Waals surface area contributed by atoms with Gasteiger partial charge in [0, 0.05) is 64.0 Å². The molecule has 2 aliphatic rings. The van der Waals surface area contributed by atoms with Crippen LogP contribution in [0.15, 0.2) is 35.3 Å². The van der Waals surface area contributed by atoms with Crippen molar-refractivity contribution >= 4 is 17.6 Å². The van der Waals surface area contributed by atoms with E-state index in [0.29, 0.717) is 19.0 Å². The van der Waals surface area contributed by atoms with E-state index in [4.69, 9.17) is 0 Å². The minimum atomic E-state index is 0.209. The lowest BCUT2D eigenvalue weighted by Crippen LogP contribution is -2.49. The van der Waals surface area contributed by atoms with E-state index in [1.165, 1.54) is 18.7 Å². The predicted octanol–water partition coefficient (Wildman–Crippen LogP) is 2.15. The lowest BCUT2D eigenvalue weighted by Gasteiger charge is -2.36. The van der Waals surface area contributed by atoms with E-state index < -0.39 is 0 Å². The molecule has 0 aromatic heterocycles. The van der Waals surface area contributed by atoms with Crippen molar-refractivity contribution in [2.45, 2.75) is 45.6 Å². The summed E-state index contributed by atoms with van der Waals surface area (Å²) in [5.41, 5.74) is 1.24. The van der Waals surface area contributed by atoms with E-state index in [-0.39, 0.29) is 5.91 Å². The summed E-state index contributed by atoms with van der Waals surface area (Å²) in [6, 6.07) is 10.9. The third kappa shape index (κ3) is 7.42. The van der Waals surface area contributed by atoms with Gasteiger partial charge in [-0.05, 0) is 44.9 Å². The number of rotatable bonds is 8. The molecule has 0 bridgehead atoms. The molecule has 1 aromatic rings. The molecule has 2 N–H and O–H groups in total. The van der Waals surface area contributed by atoms with Crippen molar-refractivity contribution < 1.29 is 4.79 Å². The molecule has 2 heterocycles. The summed E-state index contributed by atoms with van der Waals surface area (Å²) in [5, 5.41) is 6.91. The molecule has 0 aliphatic carbocycles. The first-order valence-electron chi connectivity index (χ1n) is 12.0. The van der Waals surface area contributed by atoms with Crippen LogP contribution >= 0.6 is 0 Å². The maximum atomic E-state index is 12.7. The van der Waals surface area contributed by atoms with Crippen LogP contribution in [0.25, 0.3) is 0 Å². The number of piperidine rings is 1. The number of para-hydroxylation sites is 1. The minimum Gasteiger partial charge on any atom is -0.368 e. The molecule has 0 atom stereocenters. The molecule has 2 saturated heterocycles. The molecule has 1 aromatic carbocycles. The number of nitrogens with zero attached hydrogens (tertiary/aromatic N) is 4. The van der Waals surface area contributed by atoms with Crippen LogP contribution in [0.2, 0.25) is 0 Å². The number of hydrogen-bond donors (Lipinski definition) is 2. The number of nitrogens with one attached hydrogen (secondary N) is 2. The molecule has 0 saturated carbocycles. The number of carbonyl (C=O) groups is 1. The fraction of sp³-hybridized carbons (Fsp3) is 0.667. The van der Waals surface area contributed by atoms with Crippen LogP contribution in [0, 0.1) is 0 Å². The Morgan fingerprint density at radius 1 is 1.03 bits per heavy atom. The molecular formula is C24H40N6O. The van der Waals surface area contributed by atoms with Crippen molar-refractivity contribution in [2.75, 3.05) is 63.8 Å². The highest BCUT2D eigenvalue weighted by molar-refractivity contribution is 5.81. The normalized spacial score (nSPS) is 18.8. The van der Waals surface area contributed by atoms with Gasteiger partial charge in [-0.25, -0.2) is 0 Å². The standard InChI is InChI=1S/C24H40N6O/c1-3-14-28-15-11-21(12-16-28)27-24(25-4-2)26-13-10-23(31)30-19-17-29(18-20-30)22-8-6-5-7-9-22/h5-9,21H,3-4,10-20H2,1-2H3,(H2,25,26,27). The van der Waals surface area contributed by atoms with E-state index in [2.05, 4.69) is 63.5 Å². The van der Waals surface area contributed by atoms with Crippen molar-refractivity contribution in [2.24, 2.45) is 4.99 Å². The van der Waals surface area contributed by atoms with Crippen molar-refractivity contribution in [3.8, 4) is 0 Å². The van der Waals surface area contributed by atoms with Gasteiger partial charge in [-0.3, -0.25) is 9.79 Å². The monoisotopic (exact) mass is 428 g/mol. The third-order valence-electron chi connectivity index (χ3n) is 6.16. The number of anilines is 1. The highest BCUT2D eigenvalue weighted by Crippen LogP contribution is 2.16. The number of hydrogen-bond acceptors (Lipinski definition) is 4. The van der Waals surface area contributed by atoms with Gasteiger partial charge >= 0.3 is 0 Å². The van der Waals surface area contributed by atoms with Gasteiger partial charge in [-0.15, -0.1) is 0 Å². The number of aliphatic imine (C=N–C) groups is 1. The fourth-order valence-corrected chi connectivity index (χ4v) is 4.40. The molecule has 0 radical (unpaired) electrons. The maximum absolute atomic E-state index is 12.7. The van der Waals surface area contributed by atoms with Crippen molar-refractivity contribution in [3.63, 3.8) is 0 Å². The van der Waals surface area contributed by atoms with Crippen LogP contribution in [0.4, 0.5) is 5.69 Å². The zero-order valence-corrected chi connectivity index (χ0v) is 19.4. The highest BCUT2D eigenvalue weighted by Gasteiger charge is 2.21. The summed E-state index contributed by atoms with van der Waals surface area (Å²) >= 11 is 0. The predicted molar refractivity (Wildman–Crippen MR) is 129 cm³/mol. The zero-order valence-electron chi connectivity index (χ0n) is 19.4. The molecule has 2 fully saturated rings. The van der Waals surface area contributed by atoms with Crippen LogP contribution in [0.1, 0.15) is 39.5 Å². The summed E-state index contributed by atoms with van der Waals surface area (Å²) in [6.45, 7) is 12.5. The second kappa shape index (κ2) is 12.5. The highest BCUT2D eigenvalue weighted by atomic mass is 16.2. The second-order valence-electron chi connectivity index (χ2n) is 8.47. The molecule has 7 heteroatoms. The SMILES string of the molecule is CCCN1CCC(NC(=NCCC(=O)N2CCN(c3ccccc3)CC2)NCC)CC1. The smallest absolute Gasteiger partial charge is 0.224 e. The molecule has 172 valence electrons. The Balaban J connectivity index is 1.40. The molecular weight excluding hydrogens is 388 g/mol. The van der Waals surface area contributed by atoms with Gasteiger partial charge in [0.15, 0.2) is 5.96 Å². The lowest BCUT2D eigenvalue weighted by atomic mass is 10.1. The van der Waals surface area contributed by atoms with Crippen LogP contribution < -0.4 is 15.5 Å². The van der Waals surface area contributed by atoms with Gasteiger partial charge in [0.05, 0.1) is 6.54 Å². The third-order valence-corrected chi connectivity index (χ3v) is 6.16. The Morgan fingerprint density at radius 3 is 2.39 bits per heavy atom. The number of benzene rings is 1. The molecule has 2 aliphatic heterocycles. The first-order chi connectivity index (χ1) is 15.2. The fourth-order valence-electron chi connectivity index (χ4n) is 4.40. The molecule has 31 heavy (non-hydrogen) atoms. The summed E-state index contributed by atoms with van der Waals surface area (Å²) in [6.07, 6.45) is 3.98. The molecule has 1 amide bonds. The lowest BCUT2D eigenvalue weighted by molar-refractivity contribution is -0.131.